The number of nitrogens with zero attached hydrogens (tertiary/aromatic N) is 1. The third kappa shape index (κ3) is 4.63. The van der Waals surface area contributed by atoms with Gasteiger partial charge >= 0.3 is 5.97 Å². The zero-order valence-corrected chi connectivity index (χ0v) is 10.2. The third-order valence-corrected chi connectivity index (χ3v) is 2.91. The molecule has 0 saturated carbocycles. The summed E-state index contributed by atoms with van der Waals surface area (Å²) >= 11 is 1.44. The van der Waals surface area contributed by atoms with Crippen molar-refractivity contribution in [3.63, 3.8) is 0 Å². The molecule has 0 amide bonds. The van der Waals surface area contributed by atoms with Gasteiger partial charge in [0.1, 0.15) is 6.04 Å². The highest BCUT2D eigenvalue weighted by atomic mass is 32.2. The zero-order chi connectivity index (χ0) is 12.0. The number of hydrogen-bond donors (Lipinski definition) is 2. The summed E-state index contributed by atoms with van der Waals surface area (Å²) in [6.45, 7) is 3.86. The van der Waals surface area contributed by atoms with Crippen LogP contribution in [-0.4, -0.2) is 33.9 Å². The predicted molar refractivity (Wildman–Crippen MR) is 64.7 cm³/mol. The molecule has 0 spiro atoms. The van der Waals surface area contributed by atoms with Crippen molar-refractivity contribution in [3.8, 4) is 0 Å². The van der Waals surface area contributed by atoms with Crippen molar-refractivity contribution in [3.05, 3.63) is 24.4 Å². The van der Waals surface area contributed by atoms with Gasteiger partial charge in [-0.25, -0.2) is 4.98 Å². The first-order chi connectivity index (χ1) is 7.59. The van der Waals surface area contributed by atoms with E-state index in [1.807, 2.05) is 32.0 Å². The van der Waals surface area contributed by atoms with E-state index in [0.29, 0.717) is 5.75 Å². The van der Waals surface area contributed by atoms with E-state index in [4.69, 9.17) is 5.11 Å². The van der Waals surface area contributed by atoms with E-state index in [1.165, 1.54) is 11.8 Å². The third-order valence-electron chi connectivity index (χ3n) is 1.87. The number of rotatable bonds is 6. The Hall–Kier alpha value is -1.07. The summed E-state index contributed by atoms with van der Waals surface area (Å²) in [6.07, 6.45) is 1.70. The predicted octanol–water partition coefficient (Wildman–Crippen LogP) is 1.62. The van der Waals surface area contributed by atoms with E-state index < -0.39 is 12.0 Å². The van der Waals surface area contributed by atoms with Crippen molar-refractivity contribution in [1.82, 2.24) is 10.3 Å². The number of aliphatic carboxylic acids is 1. The molecule has 0 aliphatic heterocycles. The molecule has 16 heavy (non-hydrogen) atoms. The van der Waals surface area contributed by atoms with E-state index in [9.17, 15) is 4.79 Å². The molecule has 0 aromatic carbocycles. The Bertz CT molecular complexity index is 330. The zero-order valence-electron chi connectivity index (χ0n) is 9.38. The smallest absolute Gasteiger partial charge is 0.321 e. The molecule has 2 N–H and O–H groups in total. The lowest BCUT2D eigenvalue weighted by atomic mass is 10.3. The van der Waals surface area contributed by atoms with E-state index in [2.05, 4.69) is 10.3 Å². The topological polar surface area (TPSA) is 62.2 Å². The average molecular weight is 240 g/mol. The molecule has 0 fully saturated rings. The number of pyridine rings is 1. The molecule has 0 aliphatic rings. The van der Waals surface area contributed by atoms with E-state index in [1.54, 1.807) is 6.20 Å². The van der Waals surface area contributed by atoms with Gasteiger partial charge in [0.05, 0.1) is 5.03 Å². The molecule has 0 aliphatic carbocycles. The van der Waals surface area contributed by atoms with Gasteiger partial charge in [-0.1, -0.05) is 19.9 Å². The van der Waals surface area contributed by atoms with Crippen molar-refractivity contribution in [2.75, 3.05) is 5.75 Å². The van der Waals surface area contributed by atoms with Gasteiger partial charge in [0.15, 0.2) is 0 Å². The van der Waals surface area contributed by atoms with Gasteiger partial charge in [0, 0.05) is 18.0 Å². The van der Waals surface area contributed by atoms with Crippen molar-refractivity contribution < 1.29 is 9.90 Å². The van der Waals surface area contributed by atoms with Gasteiger partial charge in [-0.2, -0.15) is 0 Å². The summed E-state index contributed by atoms with van der Waals surface area (Å²) in [5, 5.41) is 12.9. The highest BCUT2D eigenvalue weighted by Crippen LogP contribution is 2.15. The molecular formula is C11H16N2O2S. The Kier molecular flexibility index (Phi) is 5.28. The molecule has 0 bridgehead atoms. The lowest BCUT2D eigenvalue weighted by Crippen LogP contribution is -2.42. The summed E-state index contributed by atoms with van der Waals surface area (Å²) in [4.78, 5) is 15.1. The van der Waals surface area contributed by atoms with Gasteiger partial charge < -0.3 is 10.4 Å². The van der Waals surface area contributed by atoms with E-state index in [0.717, 1.165) is 5.03 Å². The van der Waals surface area contributed by atoms with Crippen molar-refractivity contribution in [2.24, 2.45) is 0 Å². The summed E-state index contributed by atoms with van der Waals surface area (Å²) in [6, 6.07) is 5.22. The second kappa shape index (κ2) is 6.50. The van der Waals surface area contributed by atoms with Crippen LogP contribution in [0.2, 0.25) is 0 Å². The monoisotopic (exact) mass is 240 g/mol. The van der Waals surface area contributed by atoms with Crippen molar-refractivity contribution in [1.29, 1.82) is 0 Å². The van der Waals surface area contributed by atoms with E-state index >= 15 is 0 Å². The summed E-state index contributed by atoms with van der Waals surface area (Å²) in [7, 11) is 0. The van der Waals surface area contributed by atoms with Crippen LogP contribution in [0.25, 0.3) is 0 Å². The van der Waals surface area contributed by atoms with Crippen LogP contribution in [0.1, 0.15) is 13.8 Å². The fourth-order valence-electron chi connectivity index (χ4n) is 1.19. The van der Waals surface area contributed by atoms with Crippen LogP contribution in [0, 0.1) is 0 Å². The summed E-state index contributed by atoms with van der Waals surface area (Å²) < 4.78 is 0. The molecule has 1 aromatic heterocycles. The largest absolute Gasteiger partial charge is 0.480 e. The number of carboxylic acids is 1. The van der Waals surface area contributed by atoms with Gasteiger partial charge in [-0.15, -0.1) is 11.8 Å². The van der Waals surface area contributed by atoms with E-state index in [-0.39, 0.29) is 6.04 Å². The molecule has 0 radical (unpaired) electrons. The quantitative estimate of drug-likeness (QED) is 0.740. The SMILES string of the molecule is CC(C)NC(CSc1ccccn1)C(=O)O. The first-order valence-corrected chi connectivity index (χ1v) is 6.11. The molecule has 5 heteroatoms. The minimum absolute atomic E-state index is 0.158. The highest BCUT2D eigenvalue weighted by Gasteiger charge is 2.18. The highest BCUT2D eigenvalue weighted by molar-refractivity contribution is 7.99. The van der Waals surface area contributed by atoms with Crippen LogP contribution in [0.15, 0.2) is 29.4 Å². The molecule has 1 atom stereocenters. The Morgan fingerprint density at radius 2 is 2.31 bits per heavy atom. The molecule has 1 unspecified atom stereocenters. The van der Waals surface area contributed by atoms with Crippen LogP contribution >= 0.6 is 11.8 Å². The van der Waals surface area contributed by atoms with Crippen LogP contribution in [0.3, 0.4) is 0 Å². The van der Waals surface area contributed by atoms with Crippen LogP contribution < -0.4 is 5.32 Å². The number of aromatic nitrogens is 1. The fraction of sp³-hybridized carbons (Fsp3) is 0.455. The second-order valence-electron chi connectivity index (χ2n) is 3.69. The first-order valence-electron chi connectivity index (χ1n) is 5.12. The van der Waals surface area contributed by atoms with Crippen molar-refractivity contribution >= 4 is 17.7 Å². The molecule has 1 aromatic rings. The lowest BCUT2D eigenvalue weighted by molar-refractivity contribution is -0.139. The van der Waals surface area contributed by atoms with Crippen LogP contribution in [0.4, 0.5) is 0 Å². The molecule has 1 heterocycles. The minimum Gasteiger partial charge on any atom is -0.480 e. The maximum absolute atomic E-state index is 11.0. The maximum Gasteiger partial charge on any atom is 0.321 e. The Balaban J connectivity index is 2.47. The fourth-order valence-corrected chi connectivity index (χ4v) is 2.08. The minimum atomic E-state index is -0.822. The second-order valence-corrected chi connectivity index (χ2v) is 4.73. The summed E-state index contributed by atoms with van der Waals surface area (Å²) in [5.41, 5.74) is 0. The van der Waals surface area contributed by atoms with Gasteiger partial charge in [-0.3, -0.25) is 4.79 Å². The maximum atomic E-state index is 11.0. The lowest BCUT2D eigenvalue weighted by Gasteiger charge is -2.16. The number of nitrogens with one attached hydrogen (secondary N) is 1. The number of thioether (sulfide) groups is 1. The van der Waals surface area contributed by atoms with Crippen LogP contribution in [0.5, 0.6) is 0 Å². The summed E-state index contributed by atoms with van der Waals surface area (Å²) in [5.74, 6) is -0.345. The molecule has 0 saturated heterocycles. The van der Waals surface area contributed by atoms with Gasteiger partial charge in [-0.05, 0) is 12.1 Å². The number of carbonyl (C=O) groups is 1. The number of hydrogen-bond acceptors (Lipinski definition) is 4. The Morgan fingerprint density at radius 3 is 2.81 bits per heavy atom. The van der Waals surface area contributed by atoms with Crippen molar-refractivity contribution in [2.45, 2.75) is 31.0 Å². The van der Waals surface area contributed by atoms with Gasteiger partial charge in [0.25, 0.3) is 0 Å². The van der Waals surface area contributed by atoms with Gasteiger partial charge in [0.2, 0.25) is 0 Å². The average Bonchev–Trinajstić information content (AvgIpc) is 2.25. The normalized spacial score (nSPS) is 12.7. The Labute approximate surface area is 99.5 Å². The first kappa shape index (κ1) is 13.0. The Morgan fingerprint density at radius 1 is 1.56 bits per heavy atom. The molecule has 4 nitrogen and oxygen atoms in total. The number of carboxylic acid groups (broad SMARTS) is 1. The molecule has 88 valence electrons. The molecule has 1 rings (SSSR count). The van der Waals surface area contributed by atoms with Crippen LogP contribution in [-0.2, 0) is 4.79 Å². The molecular weight excluding hydrogens is 224 g/mol. The standard InChI is InChI=1S/C11H16N2O2S/c1-8(2)13-9(11(14)15)7-16-10-5-3-4-6-12-10/h3-6,8-9,13H,7H2,1-2H3,(H,14,15).